The lowest BCUT2D eigenvalue weighted by molar-refractivity contribution is -0.382. The maximum Gasteiger partial charge on any atom is 0.187 e. The van der Waals surface area contributed by atoms with Crippen LogP contribution in [0.5, 0.6) is 0 Å². The average Bonchev–Trinajstić information content (AvgIpc) is 2.72. The molecule has 1 unspecified atom stereocenters. The molecular formula is C18H32O13. The number of hydrogen-bond donors (Lipinski definition) is 8. The molecule has 15 atom stereocenters. The molecule has 3 heterocycles. The fourth-order valence-electron chi connectivity index (χ4n) is 3.87. The van der Waals surface area contributed by atoms with Gasteiger partial charge in [-0.25, -0.2) is 0 Å². The van der Waals surface area contributed by atoms with Gasteiger partial charge in [-0.3, -0.25) is 0 Å². The van der Waals surface area contributed by atoms with E-state index in [9.17, 15) is 40.9 Å². The smallest absolute Gasteiger partial charge is 0.187 e. The predicted molar refractivity (Wildman–Crippen MR) is 97.0 cm³/mol. The van der Waals surface area contributed by atoms with Crippen molar-refractivity contribution >= 4 is 0 Å². The van der Waals surface area contributed by atoms with E-state index in [2.05, 4.69) is 0 Å². The van der Waals surface area contributed by atoms with Gasteiger partial charge in [0.1, 0.15) is 54.9 Å². The van der Waals surface area contributed by atoms with Gasteiger partial charge >= 0.3 is 0 Å². The molecule has 0 aromatic carbocycles. The van der Waals surface area contributed by atoms with Crippen LogP contribution >= 0.6 is 0 Å². The molecule has 3 saturated heterocycles. The zero-order valence-electron chi connectivity index (χ0n) is 17.3. The standard InChI is InChI=1S/C18H32O13/c1-4-7(19)10(22)12(24)17(28-4)30-14-9(21)6(3)27-16(26)15(14)31-18-13(25)11(23)8(20)5(2)29-18/h4-26H,1-3H3/t4-,5-,6-,7+,8+,9-,10+,11+,12-,13-,14+,15+,16?,17+,18+/m0/s1. The summed E-state index contributed by atoms with van der Waals surface area (Å²) in [6, 6.07) is 0. The van der Waals surface area contributed by atoms with E-state index >= 15 is 0 Å². The Kier molecular flexibility index (Phi) is 7.91. The van der Waals surface area contributed by atoms with Crippen LogP contribution in [0.15, 0.2) is 0 Å². The van der Waals surface area contributed by atoms with Gasteiger partial charge in [0.2, 0.25) is 0 Å². The van der Waals surface area contributed by atoms with E-state index in [1.807, 2.05) is 0 Å². The van der Waals surface area contributed by atoms with Gasteiger partial charge in [-0.05, 0) is 20.8 Å². The molecule has 0 spiro atoms. The Bertz CT molecular complexity index is 595. The Morgan fingerprint density at radius 3 is 1.29 bits per heavy atom. The first-order chi connectivity index (χ1) is 14.4. The van der Waals surface area contributed by atoms with Gasteiger partial charge < -0.3 is 64.5 Å². The van der Waals surface area contributed by atoms with Gasteiger partial charge in [0.15, 0.2) is 18.9 Å². The van der Waals surface area contributed by atoms with Crippen LogP contribution in [0.25, 0.3) is 0 Å². The molecule has 0 aromatic heterocycles. The molecule has 0 aliphatic carbocycles. The van der Waals surface area contributed by atoms with Crippen LogP contribution in [0.2, 0.25) is 0 Å². The largest absolute Gasteiger partial charge is 0.388 e. The van der Waals surface area contributed by atoms with E-state index in [4.69, 9.17) is 23.7 Å². The number of ether oxygens (including phenoxy) is 5. The van der Waals surface area contributed by atoms with Crippen LogP contribution in [0, 0.1) is 0 Å². The molecule has 3 aliphatic rings. The highest BCUT2D eigenvalue weighted by Gasteiger charge is 2.52. The highest BCUT2D eigenvalue weighted by atomic mass is 16.8. The summed E-state index contributed by atoms with van der Waals surface area (Å²) in [4.78, 5) is 0. The molecule has 3 aliphatic heterocycles. The maximum absolute atomic E-state index is 10.6. The number of rotatable bonds is 4. The van der Waals surface area contributed by atoms with Crippen molar-refractivity contribution in [2.75, 3.05) is 0 Å². The quantitative estimate of drug-likeness (QED) is 0.201. The minimum absolute atomic E-state index is 0.914. The first kappa shape index (κ1) is 25.1. The monoisotopic (exact) mass is 456 g/mol. The second-order valence-electron chi connectivity index (χ2n) is 8.29. The Labute approximate surface area is 178 Å². The minimum atomic E-state index is -1.69. The second kappa shape index (κ2) is 9.77. The lowest BCUT2D eigenvalue weighted by Gasteiger charge is -2.47. The second-order valence-corrected chi connectivity index (χ2v) is 8.29. The third kappa shape index (κ3) is 4.89. The van der Waals surface area contributed by atoms with E-state index < -0.39 is 92.1 Å². The molecule has 182 valence electrons. The zero-order valence-corrected chi connectivity index (χ0v) is 17.3. The van der Waals surface area contributed by atoms with Crippen LogP contribution in [0.1, 0.15) is 20.8 Å². The van der Waals surface area contributed by atoms with Crippen molar-refractivity contribution < 1.29 is 64.5 Å². The third-order valence-corrected chi connectivity index (χ3v) is 5.98. The molecule has 8 N–H and O–H groups in total. The van der Waals surface area contributed by atoms with Gasteiger partial charge in [0.05, 0.1) is 18.3 Å². The summed E-state index contributed by atoms with van der Waals surface area (Å²) >= 11 is 0. The summed E-state index contributed by atoms with van der Waals surface area (Å²) < 4.78 is 27.2. The van der Waals surface area contributed by atoms with Crippen molar-refractivity contribution in [2.24, 2.45) is 0 Å². The van der Waals surface area contributed by atoms with Crippen LogP contribution in [-0.2, 0) is 23.7 Å². The molecule has 0 radical (unpaired) electrons. The van der Waals surface area contributed by atoms with Gasteiger partial charge in [-0.15, -0.1) is 0 Å². The first-order valence-electron chi connectivity index (χ1n) is 10.2. The molecule has 3 rings (SSSR count). The lowest BCUT2D eigenvalue weighted by atomic mass is 9.97. The summed E-state index contributed by atoms with van der Waals surface area (Å²) in [5.74, 6) is 0. The molecule has 31 heavy (non-hydrogen) atoms. The van der Waals surface area contributed by atoms with E-state index in [0.29, 0.717) is 0 Å². The topological polar surface area (TPSA) is 208 Å². The molecule has 0 amide bonds. The van der Waals surface area contributed by atoms with Crippen LogP contribution < -0.4 is 0 Å². The normalized spacial score (nSPS) is 56.4. The van der Waals surface area contributed by atoms with Crippen LogP contribution in [-0.4, -0.2) is 133 Å². The Hall–Kier alpha value is -0.520. The van der Waals surface area contributed by atoms with Crippen molar-refractivity contribution in [3.63, 3.8) is 0 Å². The summed E-state index contributed by atoms with van der Waals surface area (Å²) in [7, 11) is 0. The summed E-state index contributed by atoms with van der Waals surface area (Å²) in [6.07, 6.45) is -21.1. The van der Waals surface area contributed by atoms with Gasteiger partial charge in [0.25, 0.3) is 0 Å². The number of hydrogen-bond acceptors (Lipinski definition) is 13. The average molecular weight is 456 g/mol. The highest BCUT2D eigenvalue weighted by Crippen LogP contribution is 2.32. The SMILES string of the molecule is C[C@@H]1OC(O)[C@H](O[C@H]2O[C@@H](C)[C@@H](O)[C@@H](O)[C@@H]2O)[C@H](O[C@H]2O[C@@H](C)[C@@H](O)[C@@H](O)[C@@H]2O)[C@H]1O. The van der Waals surface area contributed by atoms with Crippen molar-refractivity contribution in [2.45, 2.75) is 113 Å². The lowest BCUT2D eigenvalue weighted by Crippen LogP contribution is -2.65. The molecule has 13 heteroatoms. The first-order valence-corrected chi connectivity index (χ1v) is 10.2. The molecule has 0 bridgehead atoms. The van der Waals surface area contributed by atoms with Crippen LogP contribution in [0.3, 0.4) is 0 Å². The Morgan fingerprint density at radius 1 is 0.452 bits per heavy atom. The fraction of sp³-hybridized carbons (Fsp3) is 1.00. The molecule has 3 fully saturated rings. The third-order valence-electron chi connectivity index (χ3n) is 5.98. The highest BCUT2D eigenvalue weighted by molar-refractivity contribution is 4.94. The summed E-state index contributed by atoms with van der Waals surface area (Å²) in [6.45, 7) is 4.34. The Morgan fingerprint density at radius 2 is 0.839 bits per heavy atom. The van der Waals surface area contributed by atoms with E-state index in [1.54, 1.807) is 0 Å². The van der Waals surface area contributed by atoms with E-state index in [-0.39, 0.29) is 0 Å². The molecule has 13 nitrogen and oxygen atoms in total. The minimum Gasteiger partial charge on any atom is -0.388 e. The van der Waals surface area contributed by atoms with Crippen LogP contribution in [0.4, 0.5) is 0 Å². The summed E-state index contributed by atoms with van der Waals surface area (Å²) in [5, 5.41) is 81.0. The molecular weight excluding hydrogens is 424 g/mol. The maximum atomic E-state index is 10.6. The van der Waals surface area contributed by atoms with Gasteiger partial charge in [-0.1, -0.05) is 0 Å². The fourth-order valence-corrected chi connectivity index (χ4v) is 3.87. The molecule has 0 aromatic rings. The number of aliphatic hydroxyl groups excluding tert-OH is 8. The van der Waals surface area contributed by atoms with Gasteiger partial charge in [0, 0.05) is 0 Å². The Balaban J connectivity index is 1.78. The van der Waals surface area contributed by atoms with Crippen molar-refractivity contribution in [1.82, 2.24) is 0 Å². The zero-order chi connectivity index (χ0) is 23.2. The predicted octanol–water partition coefficient (Wildman–Crippen LogP) is -4.49. The van der Waals surface area contributed by atoms with Crippen molar-refractivity contribution in [3.05, 3.63) is 0 Å². The van der Waals surface area contributed by atoms with Crippen molar-refractivity contribution in [3.8, 4) is 0 Å². The number of aliphatic hydroxyl groups is 8. The molecule has 0 saturated carbocycles. The van der Waals surface area contributed by atoms with E-state index in [0.717, 1.165) is 0 Å². The van der Waals surface area contributed by atoms with Crippen molar-refractivity contribution in [1.29, 1.82) is 0 Å². The summed E-state index contributed by atoms with van der Waals surface area (Å²) in [5.41, 5.74) is 0. The van der Waals surface area contributed by atoms with E-state index in [1.165, 1.54) is 20.8 Å². The van der Waals surface area contributed by atoms with Gasteiger partial charge in [-0.2, -0.15) is 0 Å².